The minimum atomic E-state index is -0.0750. The summed E-state index contributed by atoms with van der Waals surface area (Å²) in [6, 6.07) is 2.20. The zero-order valence-electron chi connectivity index (χ0n) is 12.2. The van der Waals surface area contributed by atoms with Crippen LogP contribution in [0.25, 0.3) is 11.0 Å². The van der Waals surface area contributed by atoms with E-state index < -0.39 is 0 Å². The van der Waals surface area contributed by atoms with Crippen LogP contribution >= 0.6 is 0 Å². The molecule has 1 aliphatic carbocycles. The van der Waals surface area contributed by atoms with E-state index in [-0.39, 0.29) is 12.5 Å². The van der Waals surface area contributed by atoms with Crippen LogP contribution in [0.5, 0.6) is 0 Å². The van der Waals surface area contributed by atoms with Crippen LogP contribution in [0, 0.1) is 0 Å². The van der Waals surface area contributed by atoms with Gasteiger partial charge in [-0.1, -0.05) is 12.8 Å². The van der Waals surface area contributed by atoms with Crippen molar-refractivity contribution in [2.75, 3.05) is 20.2 Å². The molecule has 1 fully saturated rings. The minimum absolute atomic E-state index is 0.0360. The molecule has 0 aliphatic heterocycles. The molecule has 2 aromatic heterocycles. The van der Waals surface area contributed by atoms with Crippen LogP contribution in [0.1, 0.15) is 42.2 Å². The second kappa shape index (κ2) is 5.81. The Kier molecular flexibility index (Phi) is 3.88. The third kappa shape index (κ3) is 2.51. The smallest absolute Gasteiger partial charge is 0.270 e. The zero-order valence-corrected chi connectivity index (χ0v) is 12.2. The summed E-state index contributed by atoms with van der Waals surface area (Å²) in [4.78, 5) is 22.6. The molecule has 0 aromatic carbocycles. The predicted molar refractivity (Wildman–Crippen MR) is 79.1 cm³/mol. The number of amides is 1. The molecule has 0 radical (unpaired) electrons. The maximum Gasteiger partial charge on any atom is 0.270 e. The number of hydrogen-bond acceptors (Lipinski definition) is 4. The highest BCUT2D eigenvalue weighted by molar-refractivity contribution is 5.97. The Morgan fingerprint density at radius 1 is 1.48 bits per heavy atom. The first-order chi connectivity index (χ1) is 10.2. The fraction of sp³-hybridized carbons (Fsp3) is 0.533. The van der Waals surface area contributed by atoms with Gasteiger partial charge < -0.3 is 14.6 Å². The predicted octanol–water partition coefficient (Wildman–Crippen LogP) is 1.61. The molecule has 112 valence electrons. The van der Waals surface area contributed by atoms with Crippen molar-refractivity contribution in [2.24, 2.45) is 0 Å². The van der Waals surface area contributed by atoms with E-state index in [0.29, 0.717) is 18.3 Å². The number of carbonyl (C=O) groups is 1. The fourth-order valence-corrected chi connectivity index (χ4v) is 3.11. The highest BCUT2D eigenvalue weighted by Crippen LogP contribution is 2.34. The molecule has 3 rings (SSSR count). The third-order valence-electron chi connectivity index (χ3n) is 4.19. The van der Waals surface area contributed by atoms with Gasteiger partial charge in [-0.15, -0.1) is 0 Å². The molecular weight excluding hydrogens is 268 g/mol. The standard InChI is InChI=1S/C15H20N4O2/c1-18(6-7-20)15(21)13-8-11-9-16-10-17-14(11)19(13)12-4-2-3-5-12/h8-10,12,20H,2-7H2,1H3. The second-order valence-electron chi connectivity index (χ2n) is 5.59. The van der Waals surface area contributed by atoms with Gasteiger partial charge in [0, 0.05) is 31.2 Å². The third-order valence-corrected chi connectivity index (χ3v) is 4.19. The Balaban J connectivity index is 2.08. The molecule has 2 aromatic rings. The van der Waals surface area contributed by atoms with Crippen molar-refractivity contribution in [1.29, 1.82) is 0 Å². The van der Waals surface area contributed by atoms with E-state index in [4.69, 9.17) is 5.11 Å². The van der Waals surface area contributed by atoms with Crippen molar-refractivity contribution in [3.63, 3.8) is 0 Å². The Labute approximate surface area is 123 Å². The van der Waals surface area contributed by atoms with Gasteiger partial charge in [0.15, 0.2) is 0 Å². The van der Waals surface area contributed by atoms with E-state index in [1.165, 1.54) is 19.2 Å². The molecule has 21 heavy (non-hydrogen) atoms. The van der Waals surface area contributed by atoms with Gasteiger partial charge in [0.25, 0.3) is 5.91 Å². The normalized spacial score (nSPS) is 15.7. The molecule has 1 aliphatic rings. The summed E-state index contributed by atoms with van der Waals surface area (Å²) in [7, 11) is 1.71. The maximum atomic E-state index is 12.6. The van der Waals surface area contributed by atoms with Crippen molar-refractivity contribution in [2.45, 2.75) is 31.7 Å². The first-order valence-corrected chi connectivity index (χ1v) is 7.39. The summed E-state index contributed by atoms with van der Waals surface area (Å²) in [5.74, 6) is -0.0750. The summed E-state index contributed by atoms with van der Waals surface area (Å²) < 4.78 is 2.07. The van der Waals surface area contributed by atoms with Gasteiger partial charge in [0.1, 0.15) is 17.7 Å². The molecule has 2 heterocycles. The van der Waals surface area contributed by atoms with Crippen LogP contribution in [-0.4, -0.2) is 50.6 Å². The average molecular weight is 288 g/mol. The molecule has 1 amide bonds. The van der Waals surface area contributed by atoms with Crippen molar-refractivity contribution >= 4 is 16.9 Å². The quantitative estimate of drug-likeness (QED) is 0.928. The van der Waals surface area contributed by atoms with Crippen LogP contribution < -0.4 is 0 Å². The Bertz CT molecular complexity index is 646. The minimum Gasteiger partial charge on any atom is -0.395 e. The highest BCUT2D eigenvalue weighted by atomic mass is 16.3. The van der Waals surface area contributed by atoms with Gasteiger partial charge in [-0.25, -0.2) is 9.97 Å². The summed E-state index contributed by atoms with van der Waals surface area (Å²) in [6.45, 7) is 0.294. The maximum absolute atomic E-state index is 12.6. The lowest BCUT2D eigenvalue weighted by Crippen LogP contribution is -2.31. The van der Waals surface area contributed by atoms with Gasteiger partial charge in [-0.2, -0.15) is 0 Å². The van der Waals surface area contributed by atoms with Crippen LogP contribution in [-0.2, 0) is 0 Å². The lowest BCUT2D eigenvalue weighted by atomic mass is 10.2. The van der Waals surface area contributed by atoms with Gasteiger partial charge >= 0.3 is 0 Å². The van der Waals surface area contributed by atoms with E-state index in [1.54, 1.807) is 18.1 Å². The SMILES string of the molecule is CN(CCO)C(=O)c1cc2cncnc2n1C1CCCC1. The Morgan fingerprint density at radius 2 is 2.24 bits per heavy atom. The molecular formula is C15H20N4O2. The number of rotatable bonds is 4. The Morgan fingerprint density at radius 3 is 2.95 bits per heavy atom. The summed E-state index contributed by atoms with van der Waals surface area (Å²) in [6.07, 6.45) is 7.82. The van der Waals surface area contributed by atoms with Crippen LogP contribution in [0.15, 0.2) is 18.6 Å². The number of aliphatic hydroxyl groups is 1. The number of aliphatic hydroxyl groups excluding tert-OH is 1. The second-order valence-corrected chi connectivity index (χ2v) is 5.59. The van der Waals surface area contributed by atoms with Crippen LogP contribution in [0.4, 0.5) is 0 Å². The van der Waals surface area contributed by atoms with E-state index in [9.17, 15) is 4.79 Å². The summed E-state index contributed by atoms with van der Waals surface area (Å²) >= 11 is 0. The van der Waals surface area contributed by atoms with Crippen LogP contribution in [0.2, 0.25) is 0 Å². The Hall–Kier alpha value is -1.95. The average Bonchev–Trinajstić information content (AvgIpc) is 3.13. The summed E-state index contributed by atoms with van der Waals surface area (Å²) in [5, 5.41) is 9.92. The first kappa shape index (κ1) is 14.0. The lowest BCUT2D eigenvalue weighted by Gasteiger charge is -2.20. The monoisotopic (exact) mass is 288 g/mol. The molecule has 0 unspecified atom stereocenters. The van der Waals surface area contributed by atoms with Gasteiger partial charge in [0.05, 0.1) is 6.61 Å². The molecule has 1 N–H and O–H groups in total. The number of likely N-dealkylation sites (N-methyl/N-ethyl adjacent to an activating group) is 1. The topological polar surface area (TPSA) is 71.2 Å². The van der Waals surface area contributed by atoms with E-state index in [2.05, 4.69) is 14.5 Å². The fourth-order valence-electron chi connectivity index (χ4n) is 3.11. The largest absolute Gasteiger partial charge is 0.395 e. The van der Waals surface area contributed by atoms with E-state index >= 15 is 0 Å². The number of aromatic nitrogens is 3. The van der Waals surface area contributed by atoms with Crippen LogP contribution in [0.3, 0.4) is 0 Å². The molecule has 0 atom stereocenters. The molecule has 0 bridgehead atoms. The van der Waals surface area contributed by atoms with Crippen molar-refractivity contribution in [1.82, 2.24) is 19.4 Å². The summed E-state index contributed by atoms with van der Waals surface area (Å²) in [5.41, 5.74) is 1.48. The van der Waals surface area contributed by atoms with E-state index in [0.717, 1.165) is 23.9 Å². The highest BCUT2D eigenvalue weighted by Gasteiger charge is 2.26. The van der Waals surface area contributed by atoms with Gasteiger partial charge in [-0.3, -0.25) is 4.79 Å². The number of nitrogens with zero attached hydrogens (tertiary/aromatic N) is 4. The number of carbonyl (C=O) groups excluding carboxylic acids is 1. The van der Waals surface area contributed by atoms with Crippen molar-refractivity contribution < 1.29 is 9.90 Å². The molecule has 6 nitrogen and oxygen atoms in total. The van der Waals surface area contributed by atoms with Gasteiger partial charge in [-0.05, 0) is 18.9 Å². The van der Waals surface area contributed by atoms with Gasteiger partial charge in [0.2, 0.25) is 0 Å². The molecule has 6 heteroatoms. The molecule has 0 saturated heterocycles. The van der Waals surface area contributed by atoms with E-state index in [1.807, 2.05) is 6.07 Å². The lowest BCUT2D eigenvalue weighted by molar-refractivity contribution is 0.0754. The first-order valence-electron chi connectivity index (χ1n) is 7.39. The molecule has 1 saturated carbocycles. The number of fused-ring (bicyclic) bond motifs is 1. The number of hydrogen-bond donors (Lipinski definition) is 1. The molecule has 0 spiro atoms. The van der Waals surface area contributed by atoms with Crippen molar-refractivity contribution in [3.8, 4) is 0 Å². The zero-order chi connectivity index (χ0) is 14.8. The van der Waals surface area contributed by atoms with Crippen molar-refractivity contribution in [3.05, 3.63) is 24.3 Å².